The Morgan fingerprint density at radius 2 is 1.95 bits per heavy atom. The molecule has 194 valence electrons. The van der Waals surface area contributed by atoms with Gasteiger partial charge in [-0.2, -0.15) is 0 Å². The minimum absolute atomic E-state index is 0.0487. The zero-order valence-corrected chi connectivity index (χ0v) is 23.2. The van der Waals surface area contributed by atoms with Crippen LogP contribution in [0.2, 0.25) is 0 Å². The highest BCUT2D eigenvalue weighted by atomic mass is 35.5. The first-order valence-electron chi connectivity index (χ1n) is 13.0. The summed E-state index contributed by atoms with van der Waals surface area (Å²) in [6, 6.07) is 8.20. The largest absolute Gasteiger partial charge is 0.352 e. The monoisotopic (exact) mass is 517 g/mol. The molecule has 2 fully saturated rings. The Labute approximate surface area is 226 Å². The molecule has 0 amide bonds. The fraction of sp³-hybridized carbons (Fsp3) is 0.375. The zero-order valence-electron chi connectivity index (χ0n) is 22.4. The Hall–Kier alpha value is -2.98. The lowest BCUT2D eigenvalue weighted by Gasteiger charge is -2.49. The highest BCUT2D eigenvalue weighted by molar-refractivity contribution is 6.34. The number of nitrogens with zero attached hydrogens (tertiary/aromatic N) is 2. The summed E-state index contributed by atoms with van der Waals surface area (Å²) in [6.07, 6.45) is 8.99. The minimum atomic E-state index is -0.304. The van der Waals surface area contributed by atoms with Gasteiger partial charge in [0.25, 0.3) is 0 Å². The van der Waals surface area contributed by atoms with E-state index in [-0.39, 0.29) is 11.2 Å². The molecular weight excluding hydrogens is 481 g/mol. The van der Waals surface area contributed by atoms with Crippen LogP contribution >= 0.6 is 11.6 Å². The van der Waals surface area contributed by atoms with Gasteiger partial charge in [0.2, 0.25) is 0 Å². The second kappa shape index (κ2) is 10.8. The molecule has 2 heterocycles. The quantitative estimate of drug-likeness (QED) is 0.254. The van der Waals surface area contributed by atoms with Crippen LogP contribution in [0, 0.1) is 24.1 Å². The van der Waals surface area contributed by atoms with Crippen molar-refractivity contribution in [2.75, 3.05) is 18.0 Å². The maximum Gasteiger partial charge on any atom is 0.166 e. The molecule has 1 aliphatic heterocycles. The molecule has 1 N–H and O–H groups in total. The van der Waals surface area contributed by atoms with Crippen molar-refractivity contribution in [3.05, 3.63) is 99.5 Å². The van der Waals surface area contributed by atoms with Crippen LogP contribution in [0.4, 0.5) is 10.2 Å². The van der Waals surface area contributed by atoms with E-state index < -0.39 is 0 Å². The third-order valence-corrected chi connectivity index (χ3v) is 8.38. The van der Waals surface area contributed by atoms with Crippen molar-refractivity contribution < 1.29 is 4.39 Å². The minimum Gasteiger partial charge on any atom is -0.352 e. The number of halogens is 2. The summed E-state index contributed by atoms with van der Waals surface area (Å²) < 4.78 is 14.5. The third-order valence-electron chi connectivity index (χ3n) is 7.94. The SMILES string of the molecule is C=C/C(Cl)=C(\C)C(=N)/C(CCc1ccc(C2(C)CN(c3ncc(C=C)cc3F)C2)c(C)c1)=C(\C)C1CC1. The summed E-state index contributed by atoms with van der Waals surface area (Å²) in [4.78, 5) is 6.33. The van der Waals surface area contributed by atoms with Crippen LogP contribution in [0.1, 0.15) is 62.3 Å². The molecule has 0 unspecified atom stereocenters. The van der Waals surface area contributed by atoms with E-state index in [1.54, 1.807) is 18.3 Å². The number of aryl methyl sites for hydroxylation is 2. The van der Waals surface area contributed by atoms with Crippen molar-refractivity contribution in [2.24, 2.45) is 5.92 Å². The summed E-state index contributed by atoms with van der Waals surface area (Å²) in [5, 5.41) is 9.37. The number of benzene rings is 1. The van der Waals surface area contributed by atoms with E-state index in [1.807, 2.05) is 11.8 Å². The topological polar surface area (TPSA) is 40.0 Å². The third kappa shape index (κ3) is 5.65. The van der Waals surface area contributed by atoms with Crippen molar-refractivity contribution in [3.8, 4) is 0 Å². The molecule has 0 radical (unpaired) electrons. The molecule has 2 aliphatic rings. The zero-order chi connectivity index (χ0) is 26.9. The lowest BCUT2D eigenvalue weighted by molar-refractivity contribution is 0.355. The van der Waals surface area contributed by atoms with E-state index in [2.05, 4.69) is 57.1 Å². The molecular formula is C32H37ClFN3. The van der Waals surface area contributed by atoms with Crippen LogP contribution < -0.4 is 4.90 Å². The van der Waals surface area contributed by atoms with Crippen LogP contribution in [-0.2, 0) is 11.8 Å². The van der Waals surface area contributed by atoms with Gasteiger partial charge in [0, 0.05) is 29.7 Å². The summed E-state index contributed by atoms with van der Waals surface area (Å²) >= 11 is 6.31. The molecule has 3 nitrogen and oxygen atoms in total. The smallest absolute Gasteiger partial charge is 0.166 e. The molecule has 5 heteroatoms. The summed E-state index contributed by atoms with van der Waals surface area (Å²) in [6.45, 7) is 17.4. The van der Waals surface area contributed by atoms with Gasteiger partial charge in [-0.05, 0) is 91.8 Å². The summed E-state index contributed by atoms with van der Waals surface area (Å²) in [7, 11) is 0. The lowest BCUT2D eigenvalue weighted by atomic mass is 9.73. The average molecular weight is 518 g/mol. The molecule has 1 saturated carbocycles. The number of hydrogen-bond acceptors (Lipinski definition) is 3. The molecule has 0 bridgehead atoms. The van der Waals surface area contributed by atoms with E-state index in [4.69, 9.17) is 17.0 Å². The van der Waals surface area contributed by atoms with Crippen molar-refractivity contribution in [2.45, 2.75) is 58.8 Å². The van der Waals surface area contributed by atoms with Crippen LogP contribution in [0.15, 0.2) is 71.4 Å². The molecule has 37 heavy (non-hydrogen) atoms. The second-order valence-electron chi connectivity index (χ2n) is 10.8. The van der Waals surface area contributed by atoms with Gasteiger partial charge < -0.3 is 10.3 Å². The molecule has 1 saturated heterocycles. The number of nitrogens with one attached hydrogen (secondary N) is 1. The van der Waals surface area contributed by atoms with E-state index in [0.29, 0.717) is 28.0 Å². The Morgan fingerprint density at radius 3 is 2.51 bits per heavy atom. The summed E-state index contributed by atoms with van der Waals surface area (Å²) in [5.74, 6) is 0.705. The van der Waals surface area contributed by atoms with E-state index >= 15 is 0 Å². The van der Waals surface area contributed by atoms with Gasteiger partial charge in [-0.25, -0.2) is 9.37 Å². The first kappa shape index (κ1) is 27.1. The van der Waals surface area contributed by atoms with Crippen LogP contribution in [0.5, 0.6) is 0 Å². The molecule has 4 rings (SSSR count). The van der Waals surface area contributed by atoms with Crippen molar-refractivity contribution >= 4 is 29.2 Å². The number of allylic oxidation sites excluding steroid dienone is 5. The summed E-state index contributed by atoms with van der Waals surface area (Å²) in [5.41, 5.74) is 8.20. The number of rotatable bonds is 10. The van der Waals surface area contributed by atoms with Crippen molar-refractivity contribution in [1.29, 1.82) is 5.41 Å². The second-order valence-corrected chi connectivity index (χ2v) is 11.2. The highest BCUT2D eigenvalue weighted by Gasteiger charge is 2.42. The van der Waals surface area contributed by atoms with E-state index in [1.165, 1.54) is 41.2 Å². The van der Waals surface area contributed by atoms with Crippen LogP contribution in [0.3, 0.4) is 0 Å². The van der Waals surface area contributed by atoms with Gasteiger partial charge in [0.05, 0.1) is 5.71 Å². The van der Waals surface area contributed by atoms with Crippen LogP contribution in [-0.4, -0.2) is 23.8 Å². The maximum absolute atomic E-state index is 14.5. The van der Waals surface area contributed by atoms with Gasteiger partial charge in [0.15, 0.2) is 11.6 Å². The van der Waals surface area contributed by atoms with Gasteiger partial charge >= 0.3 is 0 Å². The number of aromatic nitrogens is 1. The molecule has 1 aromatic heterocycles. The number of hydrogen-bond donors (Lipinski definition) is 1. The molecule has 0 spiro atoms. The lowest BCUT2D eigenvalue weighted by Crippen LogP contribution is -2.58. The predicted molar refractivity (Wildman–Crippen MR) is 155 cm³/mol. The van der Waals surface area contributed by atoms with Crippen molar-refractivity contribution in [3.63, 3.8) is 0 Å². The molecule has 2 aromatic rings. The van der Waals surface area contributed by atoms with Crippen molar-refractivity contribution in [1.82, 2.24) is 4.98 Å². The van der Waals surface area contributed by atoms with Gasteiger partial charge in [-0.1, -0.05) is 67.6 Å². The van der Waals surface area contributed by atoms with Crippen LogP contribution in [0.25, 0.3) is 6.08 Å². The highest BCUT2D eigenvalue weighted by Crippen LogP contribution is 2.41. The fourth-order valence-corrected chi connectivity index (χ4v) is 5.61. The van der Waals surface area contributed by atoms with E-state index in [9.17, 15) is 4.39 Å². The predicted octanol–water partition coefficient (Wildman–Crippen LogP) is 8.33. The Kier molecular flexibility index (Phi) is 7.89. The van der Waals surface area contributed by atoms with Gasteiger partial charge in [-0.3, -0.25) is 0 Å². The number of anilines is 1. The molecule has 0 atom stereocenters. The molecule has 1 aliphatic carbocycles. The Morgan fingerprint density at radius 1 is 1.24 bits per heavy atom. The maximum atomic E-state index is 14.5. The molecule has 1 aromatic carbocycles. The normalized spacial score (nSPS) is 17.9. The number of pyridine rings is 1. The first-order valence-corrected chi connectivity index (χ1v) is 13.4. The Bertz CT molecular complexity index is 1310. The first-order chi connectivity index (χ1) is 17.6. The average Bonchev–Trinajstić information content (AvgIpc) is 3.71. The standard InChI is InChI=1S/C32H37ClFN3/c1-7-23-16-29(34)31(36-17-23)37-18-32(6,19-37)27-14-10-24(15-20(27)3)9-13-26(21(4)25-11-12-25)30(35)22(5)28(33)8-2/h7-8,10,14-17,25,35H,1-2,9,11-13,18-19H2,3-6H3/b26-21+,28-22-,35-30?. The Balaban J connectivity index is 1.47. The van der Waals surface area contributed by atoms with E-state index in [0.717, 1.165) is 37.1 Å². The van der Waals surface area contributed by atoms with Gasteiger partial charge in [0.1, 0.15) is 0 Å². The fourth-order valence-electron chi connectivity index (χ4n) is 5.51. The van der Waals surface area contributed by atoms with Gasteiger partial charge in [-0.15, -0.1) is 0 Å².